The van der Waals surface area contributed by atoms with Gasteiger partial charge in [0, 0.05) is 42.0 Å². The molecule has 4 rings (SSSR count). The fourth-order valence-corrected chi connectivity index (χ4v) is 4.01. The van der Waals surface area contributed by atoms with Gasteiger partial charge in [0.25, 0.3) is 0 Å². The summed E-state index contributed by atoms with van der Waals surface area (Å²) >= 11 is 0. The number of aldehydes is 1. The lowest BCUT2D eigenvalue weighted by molar-refractivity contribution is -0.114. The van der Waals surface area contributed by atoms with E-state index in [0.717, 1.165) is 47.4 Å². The van der Waals surface area contributed by atoms with E-state index in [9.17, 15) is 4.79 Å². The Bertz CT molecular complexity index is 1020. The Labute approximate surface area is 172 Å². The first-order valence-electron chi connectivity index (χ1n) is 10.2. The first-order valence-corrected chi connectivity index (χ1v) is 10.2. The van der Waals surface area contributed by atoms with Crippen molar-refractivity contribution in [3.63, 3.8) is 0 Å². The van der Waals surface area contributed by atoms with E-state index in [1.54, 1.807) is 0 Å². The number of hydrogen-bond acceptors (Lipinski definition) is 5. The zero-order valence-corrected chi connectivity index (χ0v) is 17.6. The highest BCUT2D eigenvalue weighted by Gasteiger charge is 2.24. The minimum atomic E-state index is -0.425. The highest BCUT2D eigenvalue weighted by molar-refractivity contribution is 5.79. The van der Waals surface area contributed by atoms with Crippen LogP contribution in [0.4, 0.5) is 5.69 Å². The van der Waals surface area contributed by atoms with Crippen LogP contribution in [0.2, 0.25) is 0 Å². The molecule has 2 aromatic heterocycles. The fourth-order valence-electron chi connectivity index (χ4n) is 4.01. The van der Waals surface area contributed by atoms with Crippen LogP contribution in [0.15, 0.2) is 36.7 Å². The van der Waals surface area contributed by atoms with Gasteiger partial charge in [0.2, 0.25) is 0 Å². The van der Waals surface area contributed by atoms with Crippen LogP contribution in [0.3, 0.4) is 0 Å². The van der Waals surface area contributed by atoms with Crippen molar-refractivity contribution in [1.82, 2.24) is 19.9 Å². The van der Waals surface area contributed by atoms with Crippen molar-refractivity contribution in [3.8, 4) is 11.3 Å². The molecule has 1 N–H and O–H groups in total. The van der Waals surface area contributed by atoms with Crippen LogP contribution >= 0.6 is 0 Å². The molecule has 0 amide bonds. The summed E-state index contributed by atoms with van der Waals surface area (Å²) in [6.07, 6.45) is 6.56. The first kappa shape index (κ1) is 19.6. The second-order valence-electron chi connectivity index (χ2n) is 8.95. The van der Waals surface area contributed by atoms with Crippen LogP contribution in [0.25, 0.3) is 22.4 Å². The molecule has 1 aliphatic heterocycles. The number of benzene rings is 1. The smallest absolute Gasteiger partial charge is 0.156 e. The van der Waals surface area contributed by atoms with Crippen LogP contribution in [0.1, 0.15) is 25.8 Å². The van der Waals surface area contributed by atoms with E-state index >= 15 is 0 Å². The molecule has 6 nitrogen and oxygen atoms in total. The van der Waals surface area contributed by atoms with Crippen LogP contribution < -0.4 is 4.90 Å². The fraction of sp³-hybridized carbons (Fsp3) is 0.435. The van der Waals surface area contributed by atoms with Crippen LogP contribution in [0.5, 0.6) is 0 Å². The number of likely N-dealkylation sites (N-methyl/N-ethyl adjacent to an activating group) is 1. The van der Waals surface area contributed by atoms with Gasteiger partial charge in [0.15, 0.2) is 5.65 Å². The molecule has 1 fully saturated rings. The van der Waals surface area contributed by atoms with E-state index in [1.165, 1.54) is 12.1 Å². The van der Waals surface area contributed by atoms with E-state index in [-0.39, 0.29) is 0 Å². The molecule has 1 saturated heterocycles. The number of H-pyrrole nitrogens is 1. The van der Waals surface area contributed by atoms with Gasteiger partial charge < -0.3 is 19.6 Å². The van der Waals surface area contributed by atoms with Crippen LogP contribution in [-0.4, -0.2) is 59.4 Å². The van der Waals surface area contributed by atoms with E-state index in [2.05, 4.69) is 58.1 Å². The largest absolute Gasteiger partial charge is 0.370 e. The zero-order chi connectivity index (χ0) is 20.6. The molecule has 3 heterocycles. The maximum atomic E-state index is 11.4. The number of aromatic nitrogens is 3. The highest BCUT2D eigenvalue weighted by Crippen LogP contribution is 2.29. The Morgan fingerprint density at radius 2 is 2.17 bits per heavy atom. The van der Waals surface area contributed by atoms with Crippen LogP contribution in [0, 0.1) is 5.41 Å². The predicted octanol–water partition coefficient (Wildman–Crippen LogP) is 3.53. The molecule has 29 heavy (non-hydrogen) atoms. The monoisotopic (exact) mass is 391 g/mol. The summed E-state index contributed by atoms with van der Waals surface area (Å²) < 4.78 is 0. The standard InChI is InChI=1S/C23H29N5O/c1-23(2,15-29)11-17-12-24-22-21(17)26-20(13-25-22)16-6-5-7-18(10-16)28-9-8-19(14-28)27(3)4/h5-7,10,12-13,15,19H,8-9,11,14H2,1-4H3,(H,24,25). The quantitative estimate of drug-likeness (QED) is 0.651. The number of carbonyl (C=O) groups is 1. The Balaban J connectivity index is 1.64. The van der Waals surface area contributed by atoms with Gasteiger partial charge in [-0.05, 0) is 44.6 Å². The van der Waals surface area contributed by atoms with Crippen molar-refractivity contribution < 1.29 is 4.79 Å². The van der Waals surface area contributed by atoms with Gasteiger partial charge in [-0.1, -0.05) is 26.0 Å². The average molecular weight is 392 g/mol. The number of rotatable bonds is 6. The second kappa shape index (κ2) is 7.59. The van der Waals surface area contributed by atoms with Gasteiger partial charge in [0.05, 0.1) is 11.9 Å². The van der Waals surface area contributed by atoms with Crippen molar-refractivity contribution in [2.75, 3.05) is 32.1 Å². The van der Waals surface area contributed by atoms with Crippen molar-refractivity contribution in [2.45, 2.75) is 32.7 Å². The summed E-state index contributed by atoms with van der Waals surface area (Å²) in [7, 11) is 4.30. The van der Waals surface area contributed by atoms with E-state index in [1.807, 2.05) is 26.2 Å². The Morgan fingerprint density at radius 1 is 1.34 bits per heavy atom. The Kier molecular flexibility index (Phi) is 5.13. The summed E-state index contributed by atoms with van der Waals surface area (Å²) in [6.45, 7) is 6.00. The molecule has 1 atom stereocenters. The van der Waals surface area contributed by atoms with E-state index in [4.69, 9.17) is 4.98 Å². The molecule has 1 unspecified atom stereocenters. The molecular weight excluding hydrogens is 362 g/mol. The van der Waals surface area contributed by atoms with Crippen molar-refractivity contribution >= 4 is 23.1 Å². The molecule has 0 radical (unpaired) electrons. The summed E-state index contributed by atoms with van der Waals surface area (Å²) in [6, 6.07) is 9.14. The van der Waals surface area contributed by atoms with Gasteiger partial charge >= 0.3 is 0 Å². The van der Waals surface area contributed by atoms with E-state index < -0.39 is 5.41 Å². The highest BCUT2D eigenvalue weighted by atomic mass is 16.1. The van der Waals surface area contributed by atoms with Crippen molar-refractivity contribution in [3.05, 3.63) is 42.2 Å². The average Bonchev–Trinajstić information content (AvgIpc) is 3.35. The molecule has 0 bridgehead atoms. The SMILES string of the molecule is CN(C)C1CCN(c2cccc(-c3cnc4[nH]cc(CC(C)(C)C=O)c4n3)c2)C1. The first-order chi connectivity index (χ1) is 13.9. The van der Waals surface area contributed by atoms with Gasteiger partial charge in [-0.15, -0.1) is 0 Å². The van der Waals surface area contributed by atoms with Gasteiger partial charge in [-0.3, -0.25) is 0 Å². The maximum Gasteiger partial charge on any atom is 0.156 e. The number of nitrogens with zero attached hydrogens (tertiary/aromatic N) is 4. The predicted molar refractivity (Wildman–Crippen MR) is 117 cm³/mol. The third-order valence-corrected chi connectivity index (χ3v) is 5.83. The number of carbonyl (C=O) groups excluding carboxylic acids is 1. The van der Waals surface area contributed by atoms with Gasteiger partial charge in [-0.2, -0.15) is 0 Å². The van der Waals surface area contributed by atoms with Crippen molar-refractivity contribution in [2.24, 2.45) is 5.41 Å². The zero-order valence-electron chi connectivity index (χ0n) is 17.6. The number of aromatic amines is 1. The lowest BCUT2D eigenvalue weighted by atomic mass is 9.88. The minimum absolute atomic E-state index is 0.425. The van der Waals surface area contributed by atoms with E-state index in [0.29, 0.717) is 12.5 Å². The lowest BCUT2D eigenvalue weighted by Gasteiger charge is -2.22. The molecular formula is C23H29N5O. The van der Waals surface area contributed by atoms with Gasteiger partial charge in [-0.25, -0.2) is 9.97 Å². The number of fused-ring (bicyclic) bond motifs is 1. The Hall–Kier alpha value is -2.73. The summed E-state index contributed by atoms with van der Waals surface area (Å²) in [5.41, 5.74) is 5.35. The summed E-state index contributed by atoms with van der Waals surface area (Å²) in [5, 5.41) is 0. The molecule has 1 aromatic carbocycles. The number of hydrogen-bond donors (Lipinski definition) is 1. The molecule has 152 valence electrons. The topological polar surface area (TPSA) is 65.1 Å². The number of nitrogens with one attached hydrogen (secondary N) is 1. The molecule has 6 heteroatoms. The molecule has 0 aliphatic carbocycles. The minimum Gasteiger partial charge on any atom is -0.370 e. The van der Waals surface area contributed by atoms with Gasteiger partial charge in [0.1, 0.15) is 11.8 Å². The molecule has 1 aliphatic rings. The molecule has 0 spiro atoms. The second-order valence-corrected chi connectivity index (χ2v) is 8.95. The summed E-state index contributed by atoms with van der Waals surface area (Å²) in [4.78, 5) is 28.7. The number of anilines is 1. The lowest BCUT2D eigenvalue weighted by Crippen LogP contribution is -2.31. The van der Waals surface area contributed by atoms with Crippen molar-refractivity contribution in [1.29, 1.82) is 0 Å². The third kappa shape index (κ3) is 4.03. The molecule has 3 aromatic rings. The Morgan fingerprint density at radius 3 is 2.90 bits per heavy atom. The normalized spacial score (nSPS) is 17.4. The van der Waals surface area contributed by atoms with Crippen LogP contribution in [-0.2, 0) is 11.2 Å². The maximum absolute atomic E-state index is 11.4. The molecule has 0 saturated carbocycles. The summed E-state index contributed by atoms with van der Waals surface area (Å²) in [5.74, 6) is 0. The third-order valence-electron chi connectivity index (χ3n) is 5.83.